The number of sulfonamides is 1. The van der Waals surface area contributed by atoms with Crippen LogP contribution in [-0.4, -0.2) is 39.4 Å². The van der Waals surface area contributed by atoms with E-state index in [1.807, 2.05) is 0 Å². The van der Waals surface area contributed by atoms with Crippen LogP contribution in [0.1, 0.15) is 6.42 Å². The van der Waals surface area contributed by atoms with Crippen LogP contribution in [-0.2, 0) is 14.8 Å². The second-order valence-corrected chi connectivity index (χ2v) is 4.84. The largest absolute Gasteiger partial charge is 0.355 e. The minimum absolute atomic E-state index is 0.0954. The molecule has 0 aliphatic carbocycles. The van der Waals surface area contributed by atoms with E-state index in [0.29, 0.717) is 12.2 Å². The first kappa shape index (κ1) is 12.7. The van der Waals surface area contributed by atoms with Crippen LogP contribution in [0, 0.1) is 0 Å². The van der Waals surface area contributed by atoms with E-state index >= 15 is 0 Å². The average molecular weight is 226 g/mol. The van der Waals surface area contributed by atoms with E-state index in [9.17, 15) is 13.2 Å². The zero-order valence-electron chi connectivity index (χ0n) is 7.41. The number of carbonyl (C=O) groups is 1. The molecule has 0 aliphatic heterocycles. The third-order valence-electron chi connectivity index (χ3n) is 1.34. The molecular formula is C6H14N2O3S2. The van der Waals surface area contributed by atoms with Gasteiger partial charge >= 0.3 is 0 Å². The lowest BCUT2D eigenvalue weighted by molar-refractivity contribution is -0.120. The summed E-state index contributed by atoms with van der Waals surface area (Å²) in [5.41, 5.74) is 0. The van der Waals surface area contributed by atoms with Gasteiger partial charge in [-0.15, -0.1) is 0 Å². The van der Waals surface area contributed by atoms with Gasteiger partial charge < -0.3 is 5.32 Å². The van der Waals surface area contributed by atoms with Gasteiger partial charge in [-0.3, -0.25) is 4.79 Å². The molecule has 1 amide bonds. The van der Waals surface area contributed by atoms with Gasteiger partial charge in [0.15, 0.2) is 0 Å². The number of thiol groups is 1. The lowest BCUT2D eigenvalue weighted by Gasteiger charge is -2.03. The van der Waals surface area contributed by atoms with Gasteiger partial charge in [0.05, 0.1) is 5.75 Å². The van der Waals surface area contributed by atoms with Crippen LogP contribution >= 0.6 is 12.6 Å². The quantitative estimate of drug-likeness (QED) is 0.507. The van der Waals surface area contributed by atoms with Gasteiger partial charge in [-0.2, -0.15) is 12.6 Å². The van der Waals surface area contributed by atoms with Crippen molar-refractivity contribution in [1.29, 1.82) is 0 Å². The third kappa shape index (κ3) is 6.85. The monoisotopic (exact) mass is 226 g/mol. The molecule has 0 saturated heterocycles. The fraction of sp³-hybridized carbons (Fsp3) is 0.833. The lowest BCUT2D eigenvalue weighted by Crippen LogP contribution is -2.32. The fourth-order valence-electron chi connectivity index (χ4n) is 0.617. The second-order valence-electron chi connectivity index (χ2n) is 2.35. The van der Waals surface area contributed by atoms with Crippen LogP contribution in [0.5, 0.6) is 0 Å². The van der Waals surface area contributed by atoms with Crippen molar-refractivity contribution in [1.82, 2.24) is 10.0 Å². The summed E-state index contributed by atoms with van der Waals surface area (Å²) in [5.74, 6) is 0.188. The third-order valence-corrected chi connectivity index (χ3v) is 2.93. The highest BCUT2D eigenvalue weighted by Gasteiger charge is 2.06. The summed E-state index contributed by atoms with van der Waals surface area (Å²) in [6, 6.07) is 0. The Balaban J connectivity index is 3.62. The molecule has 5 nitrogen and oxygen atoms in total. The van der Waals surface area contributed by atoms with Crippen molar-refractivity contribution in [2.75, 3.05) is 25.1 Å². The van der Waals surface area contributed by atoms with Gasteiger partial charge in [0.1, 0.15) is 0 Å². The molecule has 0 radical (unpaired) electrons. The molecule has 0 aromatic rings. The number of nitrogens with one attached hydrogen (secondary N) is 2. The molecule has 0 rings (SSSR count). The molecule has 0 aromatic carbocycles. The number of amides is 1. The van der Waals surface area contributed by atoms with Gasteiger partial charge in [0.2, 0.25) is 15.9 Å². The molecule has 0 heterocycles. The maximum atomic E-state index is 10.9. The average Bonchev–Trinajstić information content (AvgIpc) is 2.05. The molecule has 78 valence electrons. The highest BCUT2D eigenvalue weighted by atomic mass is 32.2. The maximum Gasteiger partial charge on any atom is 0.220 e. The summed E-state index contributed by atoms with van der Waals surface area (Å²) in [6.45, 7) is 0.135. The molecule has 0 atom stereocenters. The van der Waals surface area contributed by atoms with E-state index in [2.05, 4.69) is 22.7 Å². The molecule has 13 heavy (non-hydrogen) atoms. The first-order valence-electron chi connectivity index (χ1n) is 3.80. The van der Waals surface area contributed by atoms with E-state index in [1.165, 1.54) is 7.05 Å². The number of hydrogen-bond acceptors (Lipinski definition) is 4. The molecule has 0 fully saturated rings. The lowest BCUT2D eigenvalue weighted by atomic mass is 10.4. The number of hydrogen-bond donors (Lipinski definition) is 3. The Hall–Kier alpha value is -0.270. The standard InChI is InChI=1S/C6H14N2O3S2/c1-7-13(10,11)5-3-8-6(9)2-4-12/h7,12H,2-5H2,1H3,(H,8,9). The van der Waals surface area contributed by atoms with Crippen molar-refractivity contribution >= 4 is 28.6 Å². The summed E-state index contributed by atoms with van der Waals surface area (Å²) in [7, 11) is -1.88. The normalized spacial score (nSPS) is 11.2. The van der Waals surface area contributed by atoms with Crippen LogP contribution < -0.4 is 10.0 Å². The number of carbonyl (C=O) groups excluding carboxylic acids is 1. The van der Waals surface area contributed by atoms with Crippen molar-refractivity contribution in [3.05, 3.63) is 0 Å². The molecule has 2 N–H and O–H groups in total. The molecule has 0 bridgehead atoms. The zero-order valence-corrected chi connectivity index (χ0v) is 9.12. The minimum atomic E-state index is -3.21. The van der Waals surface area contributed by atoms with Crippen LogP contribution in [0.2, 0.25) is 0 Å². The van der Waals surface area contributed by atoms with Gasteiger partial charge in [0, 0.05) is 13.0 Å². The first-order chi connectivity index (χ1) is 6.02. The van der Waals surface area contributed by atoms with Crippen molar-refractivity contribution in [2.45, 2.75) is 6.42 Å². The Labute approximate surface area is 83.7 Å². The fourth-order valence-corrected chi connectivity index (χ4v) is 1.39. The van der Waals surface area contributed by atoms with Crippen LogP contribution in [0.3, 0.4) is 0 Å². The smallest absolute Gasteiger partial charge is 0.220 e. The van der Waals surface area contributed by atoms with E-state index in [-0.39, 0.29) is 18.2 Å². The summed E-state index contributed by atoms with van der Waals surface area (Å²) in [6.07, 6.45) is 0.308. The summed E-state index contributed by atoms with van der Waals surface area (Å²) < 4.78 is 23.9. The van der Waals surface area contributed by atoms with Crippen LogP contribution in [0.25, 0.3) is 0 Å². The van der Waals surface area contributed by atoms with Gasteiger partial charge in [-0.25, -0.2) is 13.1 Å². The Morgan fingerprint density at radius 3 is 2.54 bits per heavy atom. The molecule has 7 heteroatoms. The van der Waals surface area contributed by atoms with Gasteiger partial charge in [0.25, 0.3) is 0 Å². The van der Waals surface area contributed by atoms with Gasteiger partial charge in [-0.1, -0.05) is 0 Å². The van der Waals surface area contributed by atoms with Crippen molar-refractivity contribution in [3.8, 4) is 0 Å². The molecule has 0 unspecified atom stereocenters. The highest BCUT2D eigenvalue weighted by molar-refractivity contribution is 7.89. The van der Waals surface area contributed by atoms with Crippen molar-refractivity contribution in [3.63, 3.8) is 0 Å². The second kappa shape index (κ2) is 6.22. The molecule has 0 spiro atoms. The Bertz CT molecular complexity index is 251. The SMILES string of the molecule is CNS(=O)(=O)CCNC(=O)CCS. The predicted octanol–water partition coefficient (Wildman–Crippen LogP) is -1.03. The van der Waals surface area contributed by atoms with Crippen LogP contribution in [0.15, 0.2) is 0 Å². The minimum Gasteiger partial charge on any atom is -0.355 e. The maximum absolute atomic E-state index is 10.9. The molecule has 0 aliphatic rings. The molecule has 0 saturated carbocycles. The van der Waals surface area contributed by atoms with E-state index in [0.717, 1.165) is 0 Å². The number of rotatable bonds is 6. The molecule has 0 aromatic heterocycles. The van der Waals surface area contributed by atoms with E-state index in [1.54, 1.807) is 0 Å². The van der Waals surface area contributed by atoms with Gasteiger partial charge in [-0.05, 0) is 12.8 Å². The first-order valence-corrected chi connectivity index (χ1v) is 6.09. The Morgan fingerprint density at radius 1 is 1.46 bits per heavy atom. The Kier molecular flexibility index (Phi) is 6.10. The van der Waals surface area contributed by atoms with Crippen molar-refractivity contribution < 1.29 is 13.2 Å². The van der Waals surface area contributed by atoms with E-state index < -0.39 is 10.0 Å². The predicted molar refractivity (Wildman–Crippen MR) is 54.3 cm³/mol. The highest BCUT2D eigenvalue weighted by Crippen LogP contribution is 1.84. The summed E-state index contributed by atoms with van der Waals surface area (Å²) >= 11 is 3.87. The molecular weight excluding hydrogens is 212 g/mol. The Morgan fingerprint density at radius 2 is 2.08 bits per heavy atom. The summed E-state index contributed by atoms with van der Waals surface area (Å²) in [4.78, 5) is 10.8. The van der Waals surface area contributed by atoms with Crippen molar-refractivity contribution in [2.24, 2.45) is 0 Å². The summed E-state index contributed by atoms with van der Waals surface area (Å²) in [5, 5.41) is 2.47. The van der Waals surface area contributed by atoms with E-state index in [4.69, 9.17) is 0 Å². The van der Waals surface area contributed by atoms with Crippen LogP contribution in [0.4, 0.5) is 0 Å². The zero-order chi connectivity index (χ0) is 10.3. The topological polar surface area (TPSA) is 75.3 Å².